The number of anilines is 1. The molecule has 0 aliphatic carbocycles. The fourth-order valence-electron chi connectivity index (χ4n) is 3.20. The molecule has 1 aromatic carbocycles. The minimum atomic E-state index is -0.504. The molecule has 0 radical (unpaired) electrons. The number of esters is 1. The van der Waals surface area contributed by atoms with E-state index in [1.54, 1.807) is 29.8 Å². The molecule has 1 amide bonds. The van der Waals surface area contributed by atoms with Crippen LogP contribution in [0.2, 0.25) is 0 Å². The standard InChI is InChI=1S/C21H17N5O6S2/c1-2-32-17(28)7-13-9-34-21(23-13)24-16(27)8-25-11-22-19-18(20(25)29)15(10-33-19)12-4-3-5-14(6-12)26(30)31/h3-6,9-11H,2,7-8H2,1H3,(H,23,24,27). The predicted octanol–water partition coefficient (Wildman–Crippen LogP) is 3.23. The third-order valence-electron chi connectivity index (χ3n) is 4.67. The van der Waals surface area contributed by atoms with E-state index in [0.717, 1.165) is 11.3 Å². The maximum Gasteiger partial charge on any atom is 0.311 e. The molecule has 1 N–H and O–H groups in total. The number of nitrogens with one attached hydrogen (secondary N) is 1. The molecule has 3 aromatic heterocycles. The molecule has 0 aliphatic rings. The van der Waals surface area contributed by atoms with Gasteiger partial charge in [-0.3, -0.25) is 29.1 Å². The second-order valence-electron chi connectivity index (χ2n) is 6.99. The number of ether oxygens (including phenoxy) is 1. The molecule has 3 heterocycles. The number of nitro groups is 1. The number of carbonyl (C=O) groups excluding carboxylic acids is 2. The lowest BCUT2D eigenvalue weighted by molar-refractivity contribution is -0.384. The average Bonchev–Trinajstić information content (AvgIpc) is 3.43. The molecular weight excluding hydrogens is 482 g/mol. The molecule has 4 rings (SSSR count). The van der Waals surface area contributed by atoms with Gasteiger partial charge in [0.1, 0.15) is 11.4 Å². The predicted molar refractivity (Wildman–Crippen MR) is 127 cm³/mol. The Morgan fingerprint density at radius 2 is 2.09 bits per heavy atom. The van der Waals surface area contributed by atoms with Gasteiger partial charge in [0.25, 0.3) is 11.2 Å². The number of fused-ring (bicyclic) bond motifs is 1. The van der Waals surface area contributed by atoms with Crippen LogP contribution in [0.15, 0.2) is 46.1 Å². The Balaban J connectivity index is 1.54. The average molecular weight is 500 g/mol. The van der Waals surface area contributed by atoms with Crippen molar-refractivity contribution in [3.05, 3.63) is 67.5 Å². The van der Waals surface area contributed by atoms with Gasteiger partial charge in [0.05, 0.1) is 35.4 Å². The van der Waals surface area contributed by atoms with Crippen molar-refractivity contribution in [2.75, 3.05) is 11.9 Å². The van der Waals surface area contributed by atoms with E-state index in [4.69, 9.17) is 4.74 Å². The fraction of sp³-hybridized carbons (Fsp3) is 0.190. The van der Waals surface area contributed by atoms with Crippen LogP contribution in [-0.2, 0) is 27.3 Å². The molecule has 0 aliphatic heterocycles. The van der Waals surface area contributed by atoms with Gasteiger partial charge in [-0.1, -0.05) is 12.1 Å². The van der Waals surface area contributed by atoms with Crippen LogP contribution in [0.25, 0.3) is 21.3 Å². The van der Waals surface area contributed by atoms with Crippen molar-refractivity contribution < 1.29 is 19.2 Å². The van der Waals surface area contributed by atoms with Crippen molar-refractivity contribution in [3.8, 4) is 11.1 Å². The zero-order valence-electron chi connectivity index (χ0n) is 17.7. The lowest BCUT2D eigenvalue weighted by atomic mass is 10.1. The van der Waals surface area contributed by atoms with E-state index >= 15 is 0 Å². The molecule has 0 unspecified atom stereocenters. The highest BCUT2D eigenvalue weighted by Gasteiger charge is 2.17. The Kier molecular flexibility index (Phi) is 6.75. The number of amides is 1. The summed E-state index contributed by atoms with van der Waals surface area (Å²) in [6.45, 7) is 1.67. The highest BCUT2D eigenvalue weighted by atomic mass is 32.1. The first-order valence-electron chi connectivity index (χ1n) is 9.97. The third kappa shape index (κ3) is 5.00. The first-order chi connectivity index (χ1) is 16.4. The number of benzene rings is 1. The van der Waals surface area contributed by atoms with Crippen LogP contribution in [0.1, 0.15) is 12.6 Å². The normalized spacial score (nSPS) is 10.9. The summed E-state index contributed by atoms with van der Waals surface area (Å²) in [5, 5.41) is 17.7. The highest BCUT2D eigenvalue weighted by molar-refractivity contribution is 7.17. The summed E-state index contributed by atoms with van der Waals surface area (Å²) < 4.78 is 6.04. The second kappa shape index (κ2) is 9.89. The summed E-state index contributed by atoms with van der Waals surface area (Å²) in [6.07, 6.45) is 1.28. The van der Waals surface area contributed by atoms with Gasteiger partial charge in [0, 0.05) is 28.5 Å². The molecule has 4 aromatic rings. The van der Waals surface area contributed by atoms with Crippen molar-refractivity contribution in [1.29, 1.82) is 0 Å². The van der Waals surface area contributed by atoms with Crippen molar-refractivity contribution in [1.82, 2.24) is 14.5 Å². The molecular formula is C21H17N5O6S2. The Morgan fingerprint density at radius 3 is 2.85 bits per heavy atom. The molecule has 0 atom stereocenters. The van der Waals surface area contributed by atoms with Crippen LogP contribution in [0.4, 0.5) is 10.8 Å². The number of hydrogen-bond donors (Lipinski definition) is 1. The van der Waals surface area contributed by atoms with Gasteiger partial charge < -0.3 is 10.1 Å². The summed E-state index contributed by atoms with van der Waals surface area (Å²) in [7, 11) is 0. The molecule has 11 nitrogen and oxygen atoms in total. The zero-order valence-corrected chi connectivity index (χ0v) is 19.4. The Morgan fingerprint density at radius 1 is 1.26 bits per heavy atom. The van der Waals surface area contributed by atoms with E-state index in [0.29, 0.717) is 26.8 Å². The summed E-state index contributed by atoms with van der Waals surface area (Å²) in [5.74, 6) is -0.903. The number of rotatable bonds is 8. The fourth-order valence-corrected chi connectivity index (χ4v) is 4.83. The Bertz CT molecular complexity index is 1460. The molecule has 0 saturated carbocycles. The van der Waals surface area contributed by atoms with E-state index in [-0.39, 0.29) is 30.6 Å². The number of hydrogen-bond acceptors (Lipinski definition) is 10. The number of nitro benzene ring substituents is 1. The number of non-ortho nitro benzene ring substituents is 1. The highest BCUT2D eigenvalue weighted by Crippen LogP contribution is 2.32. The summed E-state index contributed by atoms with van der Waals surface area (Å²) in [4.78, 5) is 56.7. The van der Waals surface area contributed by atoms with Gasteiger partial charge in [0.2, 0.25) is 5.91 Å². The molecule has 34 heavy (non-hydrogen) atoms. The number of thiophene rings is 1. The van der Waals surface area contributed by atoms with Crippen molar-refractivity contribution in [2.24, 2.45) is 0 Å². The quantitative estimate of drug-likeness (QED) is 0.221. The second-order valence-corrected chi connectivity index (χ2v) is 8.70. The SMILES string of the molecule is CCOC(=O)Cc1csc(NC(=O)Cn2cnc3scc(-c4cccc([N+](=O)[O-])c4)c3c2=O)n1. The van der Waals surface area contributed by atoms with E-state index in [2.05, 4.69) is 15.3 Å². The Hall–Kier alpha value is -3.97. The van der Waals surface area contributed by atoms with Crippen LogP contribution in [0, 0.1) is 10.1 Å². The monoisotopic (exact) mass is 499 g/mol. The van der Waals surface area contributed by atoms with E-state index < -0.39 is 22.4 Å². The maximum absolute atomic E-state index is 13.1. The number of nitrogens with zero attached hydrogens (tertiary/aromatic N) is 4. The minimum absolute atomic E-state index is 0.00115. The van der Waals surface area contributed by atoms with Crippen LogP contribution in [0.3, 0.4) is 0 Å². The first-order valence-corrected chi connectivity index (χ1v) is 11.7. The summed E-state index contributed by atoms with van der Waals surface area (Å²) in [5.41, 5.74) is 0.966. The lowest BCUT2D eigenvalue weighted by Crippen LogP contribution is -2.27. The van der Waals surface area contributed by atoms with Gasteiger partial charge in [-0.25, -0.2) is 9.97 Å². The lowest BCUT2D eigenvalue weighted by Gasteiger charge is -2.06. The minimum Gasteiger partial charge on any atom is -0.466 e. The number of aromatic nitrogens is 3. The van der Waals surface area contributed by atoms with Gasteiger partial charge >= 0.3 is 5.97 Å². The van der Waals surface area contributed by atoms with Crippen LogP contribution < -0.4 is 10.9 Å². The smallest absolute Gasteiger partial charge is 0.311 e. The summed E-state index contributed by atoms with van der Waals surface area (Å²) >= 11 is 2.39. The van der Waals surface area contributed by atoms with Crippen LogP contribution in [-0.4, -0.2) is 37.9 Å². The van der Waals surface area contributed by atoms with Crippen LogP contribution >= 0.6 is 22.7 Å². The van der Waals surface area contributed by atoms with Crippen LogP contribution in [0.5, 0.6) is 0 Å². The van der Waals surface area contributed by atoms with E-state index in [9.17, 15) is 24.5 Å². The summed E-state index contributed by atoms with van der Waals surface area (Å²) in [6, 6.07) is 5.98. The Labute approximate surface area is 199 Å². The van der Waals surface area contributed by atoms with Crippen molar-refractivity contribution in [2.45, 2.75) is 19.9 Å². The topological polar surface area (TPSA) is 146 Å². The van der Waals surface area contributed by atoms with Crippen molar-refractivity contribution in [3.63, 3.8) is 0 Å². The molecule has 0 spiro atoms. The van der Waals surface area contributed by atoms with E-state index in [1.165, 1.54) is 34.4 Å². The van der Waals surface area contributed by atoms with Gasteiger partial charge in [-0.2, -0.15) is 0 Å². The molecule has 13 heteroatoms. The maximum atomic E-state index is 13.1. The number of thiazole rings is 1. The largest absolute Gasteiger partial charge is 0.466 e. The molecule has 0 saturated heterocycles. The molecule has 0 fully saturated rings. The van der Waals surface area contributed by atoms with Gasteiger partial charge in [-0.05, 0) is 12.5 Å². The molecule has 0 bridgehead atoms. The van der Waals surface area contributed by atoms with Gasteiger partial charge in [-0.15, -0.1) is 22.7 Å². The van der Waals surface area contributed by atoms with Gasteiger partial charge in [0.15, 0.2) is 5.13 Å². The number of carbonyl (C=O) groups is 2. The molecule has 174 valence electrons. The third-order valence-corrected chi connectivity index (χ3v) is 6.36. The zero-order chi connectivity index (χ0) is 24.2. The van der Waals surface area contributed by atoms with E-state index in [1.807, 2.05) is 0 Å². The van der Waals surface area contributed by atoms with Crippen molar-refractivity contribution >= 4 is 55.6 Å². The first kappa shape index (κ1) is 23.2.